The Morgan fingerprint density at radius 3 is 2.48 bits per heavy atom. The van der Waals surface area contributed by atoms with Crippen LogP contribution in [0, 0.1) is 0 Å². The van der Waals surface area contributed by atoms with Crippen LogP contribution in [0.3, 0.4) is 0 Å². The number of primary amides is 1. The summed E-state index contributed by atoms with van der Waals surface area (Å²) in [5.74, 6) is -0.832. The maximum atomic E-state index is 12.1. The standard InChI is InChI=1S/C14H19N3O4/c1-2-21-11(18)8-9-16-13(19)12(17-14(15)20)10-6-4-3-5-7-10/h3-7,12H,2,8-9H2,1H3,(H,16,19)(H3,15,17,20). The summed E-state index contributed by atoms with van der Waals surface area (Å²) in [7, 11) is 0. The molecule has 0 aromatic heterocycles. The third-order valence-corrected chi connectivity index (χ3v) is 2.62. The van der Waals surface area contributed by atoms with Crippen molar-refractivity contribution in [3.63, 3.8) is 0 Å². The van der Waals surface area contributed by atoms with E-state index in [4.69, 9.17) is 10.5 Å². The number of urea groups is 1. The molecule has 21 heavy (non-hydrogen) atoms. The lowest BCUT2D eigenvalue weighted by molar-refractivity contribution is -0.143. The van der Waals surface area contributed by atoms with Gasteiger partial charge in [0.1, 0.15) is 6.04 Å². The predicted octanol–water partition coefficient (Wildman–Crippen LogP) is 0.465. The van der Waals surface area contributed by atoms with Crippen LogP contribution in [0.2, 0.25) is 0 Å². The zero-order valence-corrected chi connectivity index (χ0v) is 11.8. The van der Waals surface area contributed by atoms with E-state index in [0.29, 0.717) is 12.2 Å². The van der Waals surface area contributed by atoms with Crippen molar-refractivity contribution in [2.45, 2.75) is 19.4 Å². The topological polar surface area (TPSA) is 111 Å². The summed E-state index contributed by atoms with van der Waals surface area (Å²) in [5.41, 5.74) is 5.68. The fraction of sp³-hybridized carbons (Fsp3) is 0.357. The Hall–Kier alpha value is -2.57. The van der Waals surface area contributed by atoms with Gasteiger partial charge in [0, 0.05) is 6.54 Å². The summed E-state index contributed by atoms with van der Waals surface area (Å²) in [6.45, 7) is 2.13. The number of hydrogen-bond donors (Lipinski definition) is 3. The third-order valence-electron chi connectivity index (χ3n) is 2.62. The summed E-state index contributed by atoms with van der Waals surface area (Å²) in [4.78, 5) is 34.3. The first kappa shape index (κ1) is 16.5. The summed E-state index contributed by atoms with van der Waals surface area (Å²) in [5, 5.41) is 4.94. The molecular weight excluding hydrogens is 274 g/mol. The van der Waals surface area contributed by atoms with E-state index in [2.05, 4.69) is 10.6 Å². The van der Waals surface area contributed by atoms with Crippen molar-refractivity contribution in [1.82, 2.24) is 10.6 Å². The number of benzene rings is 1. The monoisotopic (exact) mass is 293 g/mol. The van der Waals surface area contributed by atoms with Crippen molar-refractivity contribution in [3.05, 3.63) is 35.9 Å². The second kappa shape index (κ2) is 8.57. The zero-order valence-electron chi connectivity index (χ0n) is 11.8. The maximum absolute atomic E-state index is 12.1. The molecule has 0 bridgehead atoms. The summed E-state index contributed by atoms with van der Waals surface area (Å²) < 4.78 is 4.75. The number of hydrogen-bond acceptors (Lipinski definition) is 4. The van der Waals surface area contributed by atoms with Crippen LogP contribution in [0.1, 0.15) is 24.9 Å². The molecule has 0 aliphatic rings. The Labute approximate surface area is 122 Å². The average Bonchev–Trinajstić information content (AvgIpc) is 2.45. The molecule has 114 valence electrons. The lowest BCUT2D eigenvalue weighted by atomic mass is 10.1. The number of nitrogens with two attached hydrogens (primary N) is 1. The van der Waals surface area contributed by atoms with Crippen LogP contribution >= 0.6 is 0 Å². The van der Waals surface area contributed by atoms with E-state index in [1.54, 1.807) is 37.3 Å². The van der Waals surface area contributed by atoms with Gasteiger partial charge in [-0.1, -0.05) is 30.3 Å². The van der Waals surface area contributed by atoms with E-state index < -0.39 is 23.9 Å². The van der Waals surface area contributed by atoms with Gasteiger partial charge in [0.05, 0.1) is 13.0 Å². The quantitative estimate of drug-likeness (QED) is 0.634. The highest BCUT2D eigenvalue weighted by molar-refractivity contribution is 5.87. The first-order chi connectivity index (χ1) is 10.0. The lowest BCUT2D eigenvalue weighted by Gasteiger charge is -2.17. The SMILES string of the molecule is CCOC(=O)CCNC(=O)C(NC(N)=O)c1ccccc1. The number of ether oxygens (including phenoxy) is 1. The molecule has 0 spiro atoms. The number of nitrogens with one attached hydrogen (secondary N) is 2. The van der Waals surface area contributed by atoms with Crippen LogP contribution in [0.4, 0.5) is 4.79 Å². The van der Waals surface area contributed by atoms with Crippen molar-refractivity contribution >= 4 is 17.9 Å². The molecule has 3 amide bonds. The second-order valence-corrected chi connectivity index (χ2v) is 4.20. The van der Waals surface area contributed by atoms with Crippen molar-refractivity contribution < 1.29 is 19.1 Å². The molecule has 4 N–H and O–H groups in total. The van der Waals surface area contributed by atoms with Gasteiger partial charge in [-0.25, -0.2) is 4.79 Å². The van der Waals surface area contributed by atoms with Gasteiger partial charge in [-0.15, -0.1) is 0 Å². The molecule has 1 aromatic carbocycles. The van der Waals surface area contributed by atoms with Crippen molar-refractivity contribution in [1.29, 1.82) is 0 Å². The molecule has 7 heteroatoms. The Morgan fingerprint density at radius 1 is 1.24 bits per heavy atom. The van der Waals surface area contributed by atoms with Gasteiger partial charge >= 0.3 is 12.0 Å². The van der Waals surface area contributed by atoms with Crippen LogP contribution in [-0.2, 0) is 14.3 Å². The van der Waals surface area contributed by atoms with E-state index in [1.807, 2.05) is 0 Å². The minimum Gasteiger partial charge on any atom is -0.466 e. The van der Waals surface area contributed by atoms with E-state index in [-0.39, 0.29) is 13.0 Å². The molecular formula is C14H19N3O4. The van der Waals surface area contributed by atoms with Gasteiger partial charge in [0.15, 0.2) is 0 Å². The molecule has 0 saturated heterocycles. The molecule has 1 unspecified atom stereocenters. The highest BCUT2D eigenvalue weighted by Gasteiger charge is 2.21. The summed E-state index contributed by atoms with van der Waals surface area (Å²) in [6.07, 6.45) is 0.0671. The van der Waals surface area contributed by atoms with Crippen molar-refractivity contribution in [2.75, 3.05) is 13.2 Å². The molecule has 0 aliphatic carbocycles. The first-order valence-electron chi connectivity index (χ1n) is 6.58. The van der Waals surface area contributed by atoms with Crippen LogP contribution in [0.5, 0.6) is 0 Å². The molecule has 1 rings (SSSR count). The Bertz CT molecular complexity index is 490. The Kier molecular flexibility index (Phi) is 6.73. The van der Waals surface area contributed by atoms with Crippen LogP contribution < -0.4 is 16.4 Å². The van der Waals surface area contributed by atoms with Gasteiger partial charge in [0.2, 0.25) is 5.91 Å². The van der Waals surface area contributed by atoms with Crippen molar-refractivity contribution in [2.24, 2.45) is 5.73 Å². The highest BCUT2D eigenvalue weighted by atomic mass is 16.5. The van der Waals surface area contributed by atoms with Gasteiger partial charge in [-0.3, -0.25) is 9.59 Å². The zero-order chi connectivity index (χ0) is 15.7. The largest absolute Gasteiger partial charge is 0.466 e. The van der Waals surface area contributed by atoms with E-state index in [0.717, 1.165) is 0 Å². The predicted molar refractivity (Wildman–Crippen MR) is 76.2 cm³/mol. The van der Waals surface area contributed by atoms with Gasteiger partial charge in [-0.2, -0.15) is 0 Å². The number of rotatable bonds is 7. The van der Waals surface area contributed by atoms with Crippen molar-refractivity contribution in [3.8, 4) is 0 Å². The Balaban J connectivity index is 2.60. The average molecular weight is 293 g/mol. The minimum atomic E-state index is -0.897. The first-order valence-corrected chi connectivity index (χ1v) is 6.58. The van der Waals surface area contributed by atoms with Crippen LogP contribution in [0.25, 0.3) is 0 Å². The third kappa shape index (κ3) is 5.94. The number of esters is 1. The summed E-state index contributed by atoms with van der Waals surface area (Å²) >= 11 is 0. The molecule has 0 aliphatic heterocycles. The second-order valence-electron chi connectivity index (χ2n) is 4.20. The molecule has 1 atom stereocenters. The number of carbonyl (C=O) groups is 3. The molecule has 7 nitrogen and oxygen atoms in total. The molecule has 0 fully saturated rings. The van der Waals surface area contributed by atoms with Gasteiger partial charge in [-0.05, 0) is 12.5 Å². The Morgan fingerprint density at radius 2 is 1.90 bits per heavy atom. The smallest absolute Gasteiger partial charge is 0.313 e. The maximum Gasteiger partial charge on any atom is 0.313 e. The molecule has 1 aromatic rings. The highest BCUT2D eigenvalue weighted by Crippen LogP contribution is 2.12. The van der Waals surface area contributed by atoms with Crippen LogP contribution in [0.15, 0.2) is 30.3 Å². The fourth-order valence-corrected chi connectivity index (χ4v) is 1.71. The summed E-state index contributed by atoms with van der Waals surface area (Å²) in [6, 6.07) is 6.99. The lowest BCUT2D eigenvalue weighted by Crippen LogP contribution is -2.43. The number of amides is 3. The minimum absolute atomic E-state index is 0.0671. The molecule has 0 radical (unpaired) electrons. The van der Waals surface area contributed by atoms with Gasteiger partial charge < -0.3 is 21.1 Å². The molecule has 0 heterocycles. The van der Waals surface area contributed by atoms with E-state index in [1.165, 1.54) is 0 Å². The normalized spacial score (nSPS) is 11.3. The van der Waals surface area contributed by atoms with E-state index in [9.17, 15) is 14.4 Å². The fourth-order valence-electron chi connectivity index (χ4n) is 1.71. The molecule has 0 saturated carbocycles. The number of carbonyl (C=O) groups excluding carboxylic acids is 3. The van der Waals surface area contributed by atoms with Crippen LogP contribution in [-0.4, -0.2) is 31.1 Å². The van der Waals surface area contributed by atoms with E-state index >= 15 is 0 Å². The van der Waals surface area contributed by atoms with Gasteiger partial charge in [0.25, 0.3) is 0 Å².